The van der Waals surface area contributed by atoms with Gasteiger partial charge in [0.15, 0.2) is 0 Å². The first-order valence-electron chi connectivity index (χ1n) is 7.20. The standard InChI is InChI=1S/C14H27N3O2/c1-6-7-8-12-16(5)13(18)11(9-10(2)3)17(12)14(19)15-4/h10-12H,6-9H2,1-5H3,(H,15,19)/t11-,12?/m0/s1. The van der Waals surface area contributed by atoms with Crippen LogP contribution >= 0.6 is 0 Å². The molecule has 3 amide bonds. The van der Waals surface area contributed by atoms with Crippen LogP contribution in [0.4, 0.5) is 4.79 Å². The maximum atomic E-state index is 12.3. The van der Waals surface area contributed by atoms with Gasteiger partial charge in [0.1, 0.15) is 12.2 Å². The number of unbranched alkanes of at least 4 members (excludes halogenated alkanes) is 1. The highest BCUT2D eigenvalue weighted by Crippen LogP contribution is 2.28. The van der Waals surface area contributed by atoms with Crippen LogP contribution in [0.2, 0.25) is 0 Å². The van der Waals surface area contributed by atoms with Gasteiger partial charge < -0.3 is 10.2 Å². The van der Waals surface area contributed by atoms with Gasteiger partial charge in [-0.3, -0.25) is 9.69 Å². The Labute approximate surface area is 116 Å². The number of carbonyl (C=O) groups excluding carboxylic acids is 2. The molecule has 1 aliphatic heterocycles. The average Bonchev–Trinajstić information content (AvgIpc) is 2.59. The van der Waals surface area contributed by atoms with Gasteiger partial charge in [0.05, 0.1) is 0 Å². The van der Waals surface area contributed by atoms with E-state index in [4.69, 9.17) is 0 Å². The van der Waals surface area contributed by atoms with Crippen molar-refractivity contribution in [3.05, 3.63) is 0 Å². The molecule has 1 aliphatic rings. The Morgan fingerprint density at radius 2 is 2.05 bits per heavy atom. The third-order valence-corrected chi connectivity index (χ3v) is 3.70. The molecule has 1 heterocycles. The smallest absolute Gasteiger partial charge is 0.319 e. The van der Waals surface area contributed by atoms with Crippen LogP contribution in [0, 0.1) is 5.92 Å². The minimum absolute atomic E-state index is 0.0680. The third-order valence-electron chi connectivity index (χ3n) is 3.70. The van der Waals surface area contributed by atoms with Crippen molar-refractivity contribution in [2.45, 2.75) is 58.7 Å². The van der Waals surface area contributed by atoms with Crippen molar-refractivity contribution in [2.24, 2.45) is 5.92 Å². The Kier molecular flexibility index (Phi) is 5.63. The molecule has 1 N–H and O–H groups in total. The van der Waals surface area contributed by atoms with Gasteiger partial charge in [0.25, 0.3) is 0 Å². The first kappa shape index (κ1) is 15.8. The minimum Gasteiger partial charge on any atom is -0.341 e. The van der Waals surface area contributed by atoms with E-state index in [1.165, 1.54) is 0 Å². The van der Waals surface area contributed by atoms with Crippen LogP contribution < -0.4 is 5.32 Å². The number of nitrogens with one attached hydrogen (secondary N) is 1. The largest absolute Gasteiger partial charge is 0.341 e. The molecule has 0 spiro atoms. The first-order valence-corrected chi connectivity index (χ1v) is 7.20. The lowest BCUT2D eigenvalue weighted by Gasteiger charge is -2.30. The first-order chi connectivity index (χ1) is 8.93. The van der Waals surface area contributed by atoms with Crippen LogP contribution in [0.25, 0.3) is 0 Å². The van der Waals surface area contributed by atoms with Crippen LogP contribution in [0.15, 0.2) is 0 Å². The number of hydrogen-bond donors (Lipinski definition) is 1. The normalized spacial score (nSPS) is 23.4. The molecule has 0 aromatic rings. The fourth-order valence-corrected chi connectivity index (χ4v) is 2.68. The van der Waals surface area contributed by atoms with Crippen LogP contribution in [0.5, 0.6) is 0 Å². The molecule has 0 saturated carbocycles. The van der Waals surface area contributed by atoms with Crippen molar-refractivity contribution in [2.75, 3.05) is 14.1 Å². The molecule has 110 valence electrons. The third kappa shape index (κ3) is 3.39. The van der Waals surface area contributed by atoms with Gasteiger partial charge in [0.2, 0.25) is 5.91 Å². The highest BCUT2D eigenvalue weighted by Gasteiger charge is 2.45. The maximum absolute atomic E-state index is 12.3. The molecule has 0 aromatic carbocycles. The zero-order valence-corrected chi connectivity index (χ0v) is 12.8. The molecular weight excluding hydrogens is 242 g/mol. The van der Waals surface area contributed by atoms with E-state index in [1.54, 1.807) is 23.9 Å². The summed E-state index contributed by atoms with van der Waals surface area (Å²) >= 11 is 0. The molecular formula is C14H27N3O2. The second-order valence-electron chi connectivity index (χ2n) is 5.68. The zero-order valence-electron chi connectivity index (χ0n) is 12.8. The van der Waals surface area contributed by atoms with Crippen molar-refractivity contribution in [1.29, 1.82) is 0 Å². The second-order valence-corrected chi connectivity index (χ2v) is 5.68. The SMILES string of the molecule is CCCCC1N(C)C(=O)[C@H](CC(C)C)N1C(=O)NC. The summed E-state index contributed by atoms with van der Waals surface area (Å²) in [5.41, 5.74) is 0. The van der Waals surface area contributed by atoms with Crippen molar-refractivity contribution in [3.63, 3.8) is 0 Å². The minimum atomic E-state index is -0.313. The quantitative estimate of drug-likeness (QED) is 0.830. The van der Waals surface area contributed by atoms with Crippen LogP contribution in [0.3, 0.4) is 0 Å². The van der Waals surface area contributed by atoms with Gasteiger partial charge in [-0.2, -0.15) is 0 Å². The Morgan fingerprint density at radius 1 is 1.42 bits per heavy atom. The Hall–Kier alpha value is -1.26. The lowest BCUT2D eigenvalue weighted by atomic mass is 10.0. The molecule has 1 rings (SSSR count). The van der Waals surface area contributed by atoms with Gasteiger partial charge in [-0.25, -0.2) is 4.79 Å². The van der Waals surface area contributed by atoms with E-state index in [9.17, 15) is 9.59 Å². The molecule has 19 heavy (non-hydrogen) atoms. The molecule has 2 atom stereocenters. The number of rotatable bonds is 5. The average molecular weight is 269 g/mol. The predicted octanol–water partition coefficient (Wildman–Crippen LogP) is 2.03. The summed E-state index contributed by atoms with van der Waals surface area (Å²) in [6.07, 6.45) is 3.55. The monoisotopic (exact) mass is 269 g/mol. The molecule has 1 unspecified atom stereocenters. The van der Waals surface area contributed by atoms with Crippen LogP contribution in [-0.4, -0.2) is 48.0 Å². The second kappa shape index (κ2) is 6.78. The highest BCUT2D eigenvalue weighted by molar-refractivity contribution is 5.90. The van der Waals surface area contributed by atoms with Crippen LogP contribution in [0.1, 0.15) is 46.5 Å². The van der Waals surface area contributed by atoms with Gasteiger partial charge in [-0.05, 0) is 25.2 Å². The lowest BCUT2D eigenvalue weighted by molar-refractivity contribution is -0.129. The van der Waals surface area contributed by atoms with E-state index < -0.39 is 0 Å². The summed E-state index contributed by atoms with van der Waals surface area (Å²) in [6.45, 7) is 6.27. The van der Waals surface area contributed by atoms with E-state index in [0.717, 1.165) is 25.7 Å². The van der Waals surface area contributed by atoms with Gasteiger partial charge in [0, 0.05) is 14.1 Å². The van der Waals surface area contributed by atoms with Crippen molar-refractivity contribution < 1.29 is 9.59 Å². The summed E-state index contributed by atoms with van der Waals surface area (Å²) in [4.78, 5) is 27.9. The summed E-state index contributed by atoms with van der Waals surface area (Å²) in [7, 11) is 3.42. The van der Waals surface area contributed by atoms with Crippen molar-refractivity contribution >= 4 is 11.9 Å². The fraction of sp³-hybridized carbons (Fsp3) is 0.857. The number of urea groups is 1. The maximum Gasteiger partial charge on any atom is 0.319 e. The van der Waals surface area contributed by atoms with Crippen molar-refractivity contribution in [3.8, 4) is 0 Å². The van der Waals surface area contributed by atoms with E-state index in [1.807, 2.05) is 0 Å². The molecule has 5 nitrogen and oxygen atoms in total. The topological polar surface area (TPSA) is 52.7 Å². The number of nitrogens with zero attached hydrogens (tertiary/aromatic N) is 2. The molecule has 1 saturated heterocycles. The summed E-state index contributed by atoms with van der Waals surface area (Å²) < 4.78 is 0. The summed E-state index contributed by atoms with van der Waals surface area (Å²) in [6, 6.07) is -0.462. The summed E-state index contributed by atoms with van der Waals surface area (Å²) in [5, 5.41) is 2.67. The summed E-state index contributed by atoms with van der Waals surface area (Å²) in [5.74, 6) is 0.456. The number of amides is 3. The van der Waals surface area contributed by atoms with Gasteiger partial charge in [-0.1, -0.05) is 27.2 Å². The number of hydrogen-bond acceptors (Lipinski definition) is 2. The highest BCUT2D eigenvalue weighted by atomic mass is 16.2. The lowest BCUT2D eigenvalue weighted by Crippen LogP contribution is -2.48. The van der Waals surface area contributed by atoms with E-state index in [-0.39, 0.29) is 24.1 Å². The number of likely N-dealkylation sites (N-methyl/N-ethyl adjacent to an activating group) is 1. The molecule has 0 aliphatic carbocycles. The predicted molar refractivity (Wildman–Crippen MR) is 75.6 cm³/mol. The van der Waals surface area contributed by atoms with E-state index >= 15 is 0 Å². The van der Waals surface area contributed by atoms with E-state index in [2.05, 4.69) is 26.1 Å². The Balaban J connectivity index is 2.95. The van der Waals surface area contributed by atoms with Crippen LogP contribution in [-0.2, 0) is 4.79 Å². The zero-order chi connectivity index (χ0) is 14.6. The molecule has 0 radical (unpaired) electrons. The fourth-order valence-electron chi connectivity index (χ4n) is 2.68. The van der Waals surface area contributed by atoms with Gasteiger partial charge >= 0.3 is 6.03 Å². The molecule has 1 fully saturated rings. The molecule has 0 aromatic heterocycles. The Morgan fingerprint density at radius 3 is 2.53 bits per heavy atom. The number of carbonyl (C=O) groups is 2. The molecule has 5 heteroatoms. The van der Waals surface area contributed by atoms with Crippen molar-refractivity contribution in [1.82, 2.24) is 15.1 Å². The van der Waals surface area contributed by atoms with Gasteiger partial charge in [-0.15, -0.1) is 0 Å². The Bertz CT molecular complexity index is 331. The van der Waals surface area contributed by atoms with E-state index in [0.29, 0.717) is 5.92 Å². The molecule has 0 bridgehead atoms.